The van der Waals surface area contributed by atoms with Crippen LogP contribution in [0.2, 0.25) is 0 Å². The van der Waals surface area contributed by atoms with Gasteiger partial charge in [-0.15, -0.1) is 0 Å². The van der Waals surface area contributed by atoms with E-state index in [0.29, 0.717) is 18.1 Å². The molecule has 100 valence electrons. The molecule has 0 aromatic carbocycles. The van der Waals surface area contributed by atoms with Crippen LogP contribution in [0.5, 0.6) is 0 Å². The van der Waals surface area contributed by atoms with Crippen LogP contribution in [0.4, 0.5) is 11.5 Å². The molecule has 1 unspecified atom stereocenters. The van der Waals surface area contributed by atoms with Gasteiger partial charge in [-0.1, -0.05) is 0 Å². The van der Waals surface area contributed by atoms with Crippen molar-refractivity contribution in [2.24, 2.45) is 0 Å². The van der Waals surface area contributed by atoms with Crippen LogP contribution in [0, 0.1) is 0 Å². The van der Waals surface area contributed by atoms with Gasteiger partial charge in [-0.3, -0.25) is 0 Å². The molecular formula is C12H15N5O2. The average molecular weight is 261 g/mol. The van der Waals surface area contributed by atoms with Crippen molar-refractivity contribution in [1.29, 1.82) is 0 Å². The summed E-state index contributed by atoms with van der Waals surface area (Å²) in [6.07, 6.45) is 6.58. The monoisotopic (exact) mass is 261 g/mol. The standard InChI is InChI=1S/C12H15N5O2/c1-8(6-17-3-2-14-7-17)16-11-10(13)4-9(5-15-11)12(18)19/h2-5,7-8H,6,13H2,1H3,(H,15,16)(H,18,19). The highest BCUT2D eigenvalue weighted by Crippen LogP contribution is 2.17. The Kier molecular flexibility index (Phi) is 3.65. The Hall–Kier alpha value is -2.57. The molecule has 2 aromatic rings. The van der Waals surface area contributed by atoms with Crippen LogP contribution in [0.25, 0.3) is 0 Å². The molecule has 0 aliphatic heterocycles. The normalized spacial score (nSPS) is 12.1. The number of nitrogens with two attached hydrogens (primary N) is 1. The number of anilines is 2. The summed E-state index contributed by atoms with van der Waals surface area (Å²) in [4.78, 5) is 18.8. The number of hydrogen-bond donors (Lipinski definition) is 3. The van der Waals surface area contributed by atoms with E-state index in [2.05, 4.69) is 15.3 Å². The first-order valence-electron chi connectivity index (χ1n) is 5.77. The molecule has 0 radical (unpaired) electrons. The molecular weight excluding hydrogens is 246 g/mol. The van der Waals surface area contributed by atoms with E-state index in [1.54, 1.807) is 12.5 Å². The third-order valence-corrected chi connectivity index (χ3v) is 2.59. The molecule has 19 heavy (non-hydrogen) atoms. The minimum atomic E-state index is -1.04. The number of nitrogen functional groups attached to an aromatic ring is 1. The van der Waals surface area contributed by atoms with Crippen LogP contribution >= 0.6 is 0 Å². The summed E-state index contributed by atoms with van der Waals surface area (Å²) in [5, 5.41) is 12.0. The summed E-state index contributed by atoms with van der Waals surface area (Å²) in [5.74, 6) is -0.560. The first-order chi connectivity index (χ1) is 9.06. The van der Waals surface area contributed by atoms with Crippen molar-refractivity contribution < 1.29 is 9.90 Å². The zero-order chi connectivity index (χ0) is 13.8. The zero-order valence-corrected chi connectivity index (χ0v) is 10.4. The third-order valence-electron chi connectivity index (χ3n) is 2.59. The van der Waals surface area contributed by atoms with Crippen molar-refractivity contribution in [2.75, 3.05) is 11.1 Å². The fraction of sp³-hybridized carbons (Fsp3) is 0.250. The lowest BCUT2D eigenvalue weighted by atomic mass is 10.2. The Bertz CT molecular complexity index is 568. The second-order valence-corrected chi connectivity index (χ2v) is 4.27. The fourth-order valence-corrected chi connectivity index (χ4v) is 1.71. The number of aromatic nitrogens is 3. The molecule has 7 nitrogen and oxygen atoms in total. The van der Waals surface area contributed by atoms with Gasteiger partial charge in [0.25, 0.3) is 0 Å². The van der Waals surface area contributed by atoms with E-state index < -0.39 is 5.97 Å². The molecule has 0 bridgehead atoms. The molecule has 1 atom stereocenters. The summed E-state index contributed by atoms with van der Waals surface area (Å²) in [5.41, 5.74) is 6.16. The lowest BCUT2D eigenvalue weighted by Gasteiger charge is -2.16. The van der Waals surface area contributed by atoms with E-state index in [4.69, 9.17) is 10.8 Å². The van der Waals surface area contributed by atoms with Gasteiger partial charge in [0.1, 0.15) is 5.82 Å². The van der Waals surface area contributed by atoms with Crippen LogP contribution in [0.15, 0.2) is 31.0 Å². The van der Waals surface area contributed by atoms with E-state index >= 15 is 0 Å². The Morgan fingerprint density at radius 2 is 2.42 bits per heavy atom. The van der Waals surface area contributed by atoms with Crippen LogP contribution < -0.4 is 11.1 Å². The number of carbonyl (C=O) groups is 1. The predicted molar refractivity (Wildman–Crippen MR) is 70.9 cm³/mol. The number of imidazole rings is 1. The maximum Gasteiger partial charge on any atom is 0.337 e. The summed E-state index contributed by atoms with van der Waals surface area (Å²) >= 11 is 0. The quantitative estimate of drug-likeness (QED) is 0.743. The van der Waals surface area contributed by atoms with E-state index in [1.807, 2.05) is 17.7 Å². The van der Waals surface area contributed by atoms with Crippen molar-refractivity contribution in [2.45, 2.75) is 19.5 Å². The van der Waals surface area contributed by atoms with Gasteiger partial charge in [-0.25, -0.2) is 14.8 Å². The summed E-state index contributed by atoms with van der Waals surface area (Å²) in [7, 11) is 0. The number of carboxylic acids is 1. The lowest BCUT2D eigenvalue weighted by molar-refractivity contribution is 0.0696. The van der Waals surface area contributed by atoms with Crippen molar-refractivity contribution in [3.63, 3.8) is 0 Å². The minimum absolute atomic E-state index is 0.0744. The van der Waals surface area contributed by atoms with Crippen molar-refractivity contribution >= 4 is 17.5 Å². The highest BCUT2D eigenvalue weighted by atomic mass is 16.4. The highest BCUT2D eigenvalue weighted by Gasteiger charge is 2.10. The SMILES string of the molecule is CC(Cn1ccnc1)Nc1ncc(C(=O)O)cc1N. The average Bonchev–Trinajstić information content (AvgIpc) is 2.84. The molecule has 2 aromatic heterocycles. The van der Waals surface area contributed by atoms with E-state index in [-0.39, 0.29) is 11.6 Å². The van der Waals surface area contributed by atoms with Crippen LogP contribution in [-0.4, -0.2) is 31.7 Å². The molecule has 2 heterocycles. The number of carboxylic acid groups (broad SMARTS) is 1. The number of hydrogen-bond acceptors (Lipinski definition) is 5. The highest BCUT2D eigenvalue weighted by molar-refractivity contribution is 5.89. The van der Waals surface area contributed by atoms with Gasteiger partial charge in [0.05, 0.1) is 17.6 Å². The topological polar surface area (TPSA) is 106 Å². The Morgan fingerprint density at radius 3 is 3.00 bits per heavy atom. The maximum atomic E-state index is 10.8. The van der Waals surface area contributed by atoms with Gasteiger partial charge < -0.3 is 20.7 Å². The lowest BCUT2D eigenvalue weighted by Crippen LogP contribution is -2.22. The van der Waals surface area contributed by atoms with Crippen LogP contribution in [0.3, 0.4) is 0 Å². The van der Waals surface area contributed by atoms with E-state index in [1.165, 1.54) is 12.3 Å². The van der Waals surface area contributed by atoms with Crippen LogP contribution in [0.1, 0.15) is 17.3 Å². The second kappa shape index (κ2) is 5.38. The molecule has 0 fully saturated rings. The molecule has 0 saturated carbocycles. The van der Waals surface area contributed by atoms with Gasteiger partial charge in [-0.05, 0) is 13.0 Å². The molecule has 0 amide bonds. The number of aromatic carboxylic acids is 1. The molecule has 0 aliphatic rings. The van der Waals surface area contributed by atoms with Gasteiger partial charge >= 0.3 is 5.97 Å². The Labute approximate surface area is 110 Å². The molecule has 2 rings (SSSR count). The predicted octanol–water partition coefficient (Wildman–Crippen LogP) is 1.06. The van der Waals surface area contributed by atoms with E-state index in [9.17, 15) is 4.79 Å². The number of nitrogens with zero attached hydrogens (tertiary/aromatic N) is 3. The third kappa shape index (κ3) is 3.21. The fourth-order valence-electron chi connectivity index (χ4n) is 1.71. The van der Waals surface area contributed by atoms with Crippen molar-refractivity contribution in [3.8, 4) is 0 Å². The van der Waals surface area contributed by atoms with E-state index in [0.717, 1.165) is 0 Å². The van der Waals surface area contributed by atoms with Crippen molar-refractivity contribution in [3.05, 3.63) is 36.5 Å². The van der Waals surface area contributed by atoms with Crippen molar-refractivity contribution in [1.82, 2.24) is 14.5 Å². The van der Waals surface area contributed by atoms with Gasteiger partial charge in [0.2, 0.25) is 0 Å². The summed E-state index contributed by atoms with van der Waals surface area (Å²) in [6, 6.07) is 1.47. The smallest absolute Gasteiger partial charge is 0.337 e. The van der Waals surface area contributed by atoms with Gasteiger partial charge in [-0.2, -0.15) is 0 Å². The Morgan fingerprint density at radius 1 is 1.63 bits per heavy atom. The Balaban J connectivity index is 2.04. The summed E-state index contributed by atoms with van der Waals surface area (Å²) in [6.45, 7) is 2.69. The zero-order valence-electron chi connectivity index (χ0n) is 10.4. The molecule has 0 aliphatic carbocycles. The van der Waals surface area contributed by atoms with Crippen LogP contribution in [-0.2, 0) is 6.54 Å². The maximum absolute atomic E-state index is 10.8. The summed E-state index contributed by atoms with van der Waals surface area (Å²) < 4.78 is 1.93. The van der Waals surface area contributed by atoms with Gasteiger partial charge in [0.15, 0.2) is 0 Å². The molecule has 4 N–H and O–H groups in total. The number of pyridine rings is 1. The molecule has 0 saturated heterocycles. The number of rotatable bonds is 5. The minimum Gasteiger partial charge on any atom is -0.478 e. The number of nitrogens with one attached hydrogen (secondary N) is 1. The second-order valence-electron chi connectivity index (χ2n) is 4.27. The first kappa shape index (κ1) is 12.9. The molecule has 0 spiro atoms. The molecule has 7 heteroatoms. The largest absolute Gasteiger partial charge is 0.478 e. The van der Waals surface area contributed by atoms with Gasteiger partial charge in [0, 0.05) is 31.2 Å². The first-order valence-corrected chi connectivity index (χ1v) is 5.77.